The molecular weight excluding hydrogens is 425 g/mol. The summed E-state index contributed by atoms with van der Waals surface area (Å²) in [7, 11) is 0. The molecule has 0 saturated heterocycles. The quantitative estimate of drug-likeness (QED) is 0.446. The normalized spacial score (nSPS) is 10.6. The van der Waals surface area contributed by atoms with Crippen molar-refractivity contribution in [2.75, 3.05) is 11.9 Å². The molecule has 0 aromatic heterocycles. The number of halogens is 3. The first-order valence-corrected chi connectivity index (χ1v) is 9.75. The summed E-state index contributed by atoms with van der Waals surface area (Å²) < 4.78 is 6.50. The first-order chi connectivity index (χ1) is 12.0. The van der Waals surface area contributed by atoms with Gasteiger partial charge in [-0.2, -0.15) is 0 Å². The molecule has 0 unspecified atom stereocenters. The monoisotopic (exact) mass is 443 g/mol. The Kier molecular flexibility index (Phi) is 8.07. The number of ether oxygens (including phenoxy) is 1. The van der Waals surface area contributed by atoms with Crippen molar-refractivity contribution in [3.05, 3.63) is 56.5 Å². The van der Waals surface area contributed by atoms with Crippen molar-refractivity contribution in [3.63, 3.8) is 0 Å². The smallest absolute Gasteiger partial charge is 0.255 e. The summed E-state index contributed by atoms with van der Waals surface area (Å²) in [6.45, 7) is 2.85. The second-order valence-electron chi connectivity index (χ2n) is 5.61. The van der Waals surface area contributed by atoms with E-state index < -0.39 is 0 Å². The molecule has 2 aromatic carbocycles. The predicted molar refractivity (Wildman–Crippen MR) is 108 cm³/mol. The van der Waals surface area contributed by atoms with Crippen molar-refractivity contribution in [1.29, 1.82) is 0 Å². The number of rotatable bonds is 8. The molecule has 2 aromatic rings. The fourth-order valence-electron chi connectivity index (χ4n) is 2.26. The number of amides is 1. The predicted octanol–water partition coefficient (Wildman–Crippen LogP) is 6.97. The number of carbonyl (C=O) groups excluding carboxylic acids is 1. The molecule has 1 N–H and O–H groups in total. The van der Waals surface area contributed by atoms with Gasteiger partial charge in [-0.05, 0) is 52.7 Å². The minimum atomic E-state index is -0.264. The van der Waals surface area contributed by atoms with Gasteiger partial charge in [0.15, 0.2) is 0 Å². The molecule has 6 heteroatoms. The van der Waals surface area contributed by atoms with Crippen LogP contribution < -0.4 is 10.1 Å². The van der Waals surface area contributed by atoms with Gasteiger partial charge in [0.2, 0.25) is 0 Å². The molecule has 25 heavy (non-hydrogen) atoms. The molecule has 2 rings (SSSR count). The van der Waals surface area contributed by atoms with Crippen molar-refractivity contribution >= 4 is 50.7 Å². The van der Waals surface area contributed by atoms with Crippen LogP contribution in [0.5, 0.6) is 5.75 Å². The average molecular weight is 445 g/mol. The van der Waals surface area contributed by atoms with Crippen LogP contribution in [0.4, 0.5) is 5.69 Å². The third-order valence-corrected chi connectivity index (χ3v) is 5.09. The van der Waals surface area contributed by atoms with Crippen LogP contribution >= 0.6 is 39.1 Å². The van der Waals surface area contributed by atoms with Crippen LogP contribution in [0, 0.1) is 0 Å². The summed E-state index contributed by atoms with van der Waals surface area (Å²) in [4.78, 5) is 12.4. The van der Waals surface area contributed by atoms with Gasteiger partial charge >= 0.3 is 0 Å². The number of hydrogen-bond donors (Lipinski definition) is 1. The molecule has 0 saturated carbocycles. The van der Waals surface area contributed by atoms with E-state index in [0.717, 1.165) is 23.1 Å². The minimum absolute atomic E-state index is 0.264. The Morgan fingerprint density at radius 3 is 2.68 bits per heavy atom. The molecule has 134 valence electrons. The third kappa shape index (κ3) is 5.91. The standard InChI is InChI=1S/C19H20BrCl2NO2/c1-2-3-4-5-11-25-17-10-9-13(12-14(17)20)19(24)23-16-8-6-7-15(21)18(16)22/h6-10,12H,2-5,11H2,1H3,(H,23,24). The molecule has 0 heterocycles. The second kappa shape index (κ2) is 10.0. The van der Waals surface area contributed by atoms with E-state index in [4.69, 9.17) is 27.9 Å². The average Bonchev–Trinajstić information content (AvgIpc) is 2.60. The lowest BCUT2D eigenvalue weighted by Gasteiger charge is -2.11. The maximum Gasteiger partial charge on any atom is 0.255 e. The van der Waals surface area contributed by atoms with Gasteiger partial charge in [-0.25, -0.2) is 0 Å². The van der Waals surface area contributed by atoms with Gasteiger partial charge in [0.1, 0.15) is 5.75 Å². The lowest BCUT2D eigenvalue weighted by Crippen LogP contribution is -2.12. The van der Waals surface area contributed by atoms with E-state index in [0.29, 0.717) is 27.9 Å². The molecule has 3 nitrogen and oxygen atoms in total. The summed E-state index contributed by atoms with van der Waals surface area (Å²) in [6, 6.07) is 10.3. The van der Waals surface area contributed by atoms with E-state index in [2.05, 4.69) is 28.2 Å². The van der Waals surface area contributed by atoms with E-state index >= 15 is 0 Å². The van der Waals surface area contributed by atoms with E-state index in [-0.39, 0.29) is 5.91 Å². The molecular formula is C19H20BrCl2NO2. The van der Waals surface area contributed by atoms with Gasteiger partial charge in [0.25, 0.3) is 5.91 Å². The van der Waals surface area contributed by atoms with Crippen molar-refractivity contribution < 1.29 is 9.53 Å². The lowest BCUT2D eigenvalue weighted by atomic mass is 10.2. The Balaban J connectivity index is 1.99. The molecule has 0 aliphatic heterocycles. The summed E-state index contributed by atoms with van der Waals surface area (Å²) in [5.74, 6) is 0.466. The molecule has 0 fully saturated rings. The summed E-state index contributed by atoms with van der Waals surface area (Å²) in [6.07, 6.45) is 4.60. The Hall–Kier alpha value is -1.23. The first kappa shape index (κ1) is 20.1. The highest BCUT2D eigenvalue weighted by atomic mass is 79.9. The maximum absolute atomic E-state index is 12.4. The molecule has 0 atom stereocenters. The lowest BCUT2D eigenvalue weighted by molar-refractivity contribution is 0.102. The third-order valence-electron chi connectivity index (χ3n) is 3.65. The Morgan fingerprint density at radius 2 is 1.96 bits per heavy atom. The van der Waals surface area contributed by atoms with Crippen LogP contribution in [-0.2, 0) is 0 Å². The molecule has 0 aliphatic carbocycles. The largest absolute Gasteiger partial charge is 0.492 e. The van der Waals surface area contributed by atoms with Crippen molar-refractivity contribution in [2.45, 2.75) is 32.6 Å². The van der Waals surface area contributed by atoms with E-state index in [1.54, 1.807) is 36.4 Å². The number of unbranched alkanes of at least 4 members (excludes halogenated alkanes) is 3. The van der Waals surface area contributed by atoms with Crippen molar-refractivity contribution in [3.8, 4) is 5.75 Å². The molecule has 0 spiro atoms. The molecule has 0 aliphatic rings. The van der Waals surface area contributed by atoms with Crippen LogP contribution in [0.1, 0.15) is 43.0 Å². The van der Waals surface area contributed by atoms with Gasteiger partial charge < -0.3 is 10.1 Å². The van der Waals surface area contributed by atoms with Gasteiger partial charge in [-0.1, -0.05) is 55.5 Å². The Labute approximate surface area is 166 Å². The number of hydrogen-bond acceptors (Lipinski definition) is 2. The van der Waals surface area contributed by atoms with E-state index in [1.807, 2.05) is 0 Å². The Morgan fingerprint density at radius 1 is 1.16 bits per heavy atom. The maximum atomic E-state index is 12.4. The minimum Gasteiger partial charge on any atom is -0.492 e. The highest BCUT2D eigenvalue weighted by Crippen LogP contribution is 2.31. The summed E-state index contributed by atoms with van der Waals surface area (Å²) in [5, 5.41) is 3.48. The fraction of sp³-hybridized carbons (Fsp3) is 0.316. The fourth-order valence-corrected chi connectivity index (χ4v) is 3.11. The first-order valence-electron chi connectivity index (χ1n) is 8.20. The summed E-state index contributed by atoms with van der Waals surface area (Å²) >= 11 is 15.5. The van der Waals surface area contributed by atoms with Crippen LogP contribution in [-0.4, -0.2) is 12.5 Å². The van der Waals surface area contributed by atoms with Gasteiger partial charge in [-0.3, -0.25) is 4.79 Å². The topological polar surface area (TPSA) is 38.3 Å². The van der Waals surface area contributed by atoms with Gasteiger partial charge in [0, 0.05) is 5.56 Å². The van der Waals surface area contributed by atoms with Crippen molar-refractivity contribution in [1.82, 2.24) is 0 Å². The van der Waals surface area contributed by atoms with Gasteiger partial charge in [-0.15, -0.1) is 0 Å². The Bertz CT molecular complexity index is 737. The van der Waals surface area contributed by atoms with E-state index in [9.17, 15) is 4.79 Å². The van der Waals surface area contributed by atoms with Crippen LogP contribution in [0.3, 0.4) is 0 Å². The second-order valence-corrected chi connectivity index (χ2v) is 7.25. The van der Waals surface area contributed by atoms with Crippen LogP contribution in [0.2, 0.25) is 10.0 Å². The molecule has 0 radical (unpaired) electrons. The van der Waals surface area contributed by atoms with E-state index in [1.165, 1.54) is 12.8 Å². The summed E-state index contributed by atoms with van der Waals surface area (Å²) in [5.41, 5.74) is 0.979. The zero-order valence-corrected chi connectivity index (χ0v) is 17.0. The number of nitrogens with one attached hydrogen (secondary N) is 1. The van der Waals surface area contributed by atoms with Gasteiger partial charge in [0.05, 0.1) is 26.8 Å². The number of benzene rings is 2. The SMILES string of the molecule is CCCCCCOc1ccc(C(=O)Nc2cccc(Cl)c2Cl)cc1Br. The number of carbonyl (C=O) groups is 1. The molecule has 0 bridgehead atoms. The zero-order valence-electron chi connectivity index (χ0n) is 14.0. The highest BCUT2D eigenvalue weighted by Gasteiger charge is 2.12. The number of anilines is 1. The van der Waals surface area contributed by atoms with Crippen LogP contribution in [0.15, 0.2) is 40.9 Å². The van der Waals surface area contributed by atoms with Crippen LogP contribution in [0.25, 0.3) is 0 Å². The molecule has 1 amide bonds. The highest BCUT2D eigenvalue weighted by molar-refractivity contribution is 9.10. The zero-order chi connectivity index (χ0) is 18.2. The van der Waals surface area contributed by atoms with Crippen molar-refractivity contribution in [2.24, 2.45) is 0 Å².